The van der Waals surface area contributed by atoms with Crippen molar-refractivity contribution in [3.8, 4) is 0 Å². The number of carbonyl (C=O) groups is 1. The minimum absolute atomic E-state index is 0.0606. The molecule has 1 aromatic rings. The quantitative estimate of drug-likeness (QED) is 0.857. The lowest BCUT2D eigenvalue weighted by Gasteiger charge is -2.40. The number of aromatic nitrogens is 3. The summed E-state index contributed by atoms with van der Waals surface area (Å²) >= 11 is 0. The number of alkyl halides is 3. The fourth-order valence-corrected chi connectivity index (χ4v) is 4.24. The van der Waals surface area contributed by atoms with E-state index in [1.807, 2.05) is 4.90 Å². The van der Waals surface area contributed by atoms with Crippen LogP contribution in [0.25, 0.3) is 0 Å². The van der Waals surface area contributed by atoms with E-state index < -0.39 is 12.2 Å². The number of carbonyl (C=O) groups excluding carboxylic acids is 1. The molecule has 1 amide bonds. The molecule has 0 aliphatic carbocycles. The molecule has 3 aliphatic heterocycles. The molecule has 0 spiro atoms. The van der Waals surface area contributed by atoms with Gasteiger partial charge in [-0.2, -0.15) is 23.3 Å². The molecule has 0 aromatic carbocycles. The van der Waals surface area contributed by atoms with Gasteiger partial charge in [-0.3, -0.25) is 4.79 Å². The van der Waals surface area contributed by atoms with Crippen molar-refractivity contribution >= 4 is 11.9 Å². The number of piperidine rings is 1. The van der Waals surface area contributed by atoms with Gasteiger partial charge in [0, 0.05) is 25.7 Å². The second-order valence-electron chi connectivity index (χ2n) is 7.30. The number of hydrogen-bond donors (Lipinski definition) is 1. The molecule has 0 bridgehead atoms. The van der Waals surface area contributed by atoms with Crippen LogP contribution in [0, 0.1) is 11.8 Å². The maximum absolute atomic E-state index is 13.4. The first-order valence-corrected chi connectivity index (χ1v) is 9.03. The Hall–Kier alpha value is -1.84. The van der Waals surface area contributed by atoms with Gasteiger partial charge in [0.2, 0.25) is 11.9 Å². The maximum Gasteiger partial charge on any atom is 0.411 e. The van der Waals surface area contributed by atoms with Crippen LogP contribution in [-0.4, -0.2) is 64.1 Å². The molecular formula is C16H22F3N5O2. The number of hydrogen-bond acceptors (Lipinski definition) is 5. The molecule has 3 atom stereocenters. The fraction of sp³-hybridized carbons (Fsp3) is 0.812. The number of nitrogens with zero attached hydrogens (tertiary/aromatic N) is 4. The van der Waals surface area contributed by atoms with Crippen molar-refractivity contribution in [2.24, 2.45) is 11.8 Å². The first-order chi connectivity index (χ1) is 12.4. The van der Waals surface area contributed by atoms with Crippen molar-refractivity contribution in [3.05, 3.63) is 6.33 Å². The Morgan fingerprint density at radius 3 is 2.69 bits per heavy atom. The van der Waals surface area contributed by atoms with Gasteiger partial charge in [0.05, 0.1) is 12.5 Å². The minimum Gasteiger partial charge on any atom is -0.381 e. The van der Waals surface area contributed by atoms with E-state index in [2.05, 4.69) is 15.4 Å². The van der Waals surface area contributed by atoms with Crippen LogP contribution in [0.2, 0.25) is 0 Å². The van der Waals surface area contributed by atoms with Crippen molar-refractivity contribution in [1.29, 1.82) is 0 Å². The number of ether oxygens (including phenoxy) is 1. The highest BCUT2D eigenvalue weighted by molar-refractivity contribution is 5.79. The first-order valence-electron chi connectivity index (χ1n) is 9.03. The molecule has 4 heterocycles. The Balaban J connectivity index is 1.39. The largest absolute Gasteiger partial charge is 0.411 e. The number of rotatable bonds is 2. The molecule has 7 nitrogen and oxygen atoms in total. The number of amides is 1. The normalized spacial score (nSPS) is 30.1. The van der Waals surface area contributed by atoms with Gasteiger partial charge in [-0.1, -0.05) is 0 Å². The summed E-state index contributed by atoms with van der Waals surface area (Å²) in [6.07, 6.45) is -1.14. The average molecular weight is 373 g/mol. The summed E-state index contributed by atoms with van der Waals surface area (Å²) in [6.45, 7) is 2.27. The standard InChI is InChI=1S/C16H22F3N5O2/c17-16(18,19)13-7-12(22-15-20-9-21-24(13)15)10-1-4-23(5-2-10)14(25)11-3-6-26-8-11/h9-13H,1-8H2,(H,20,21,22)/t11-,12-,13+/m0/s1. The number of halogens is 3. The summed E-state index contributed by atoms with van der Waals surface area (Å²) < 4.78 is 46.4. The molecule has 4 rings (SSSR count). The third kappa shape index (κ3) is 3.26. The average Bonchev–Trinajstić information content (AvgIpc) is 3.31. The molecule has 3 aliphatic rings. The lowest BCUT2D eigenvalue weighted by Crippen LogP contribution is -2.48. The third-order valence-electron chi connectivity index (χ3n) is 5.74. The van der Waals surface area contributed by atoms with Gasteiger partial charge >= 0.3 is 6.18 Å². The van der Waals surface area contributed by atoms with Crippen molar-refractivity contribution in [3.63, 3.8) is 0 Å². The topological polar surface area (TPSA) is 72.3 Å². The van der Waals surface area contributed by atoms with E-state index in [1.54, 1.807) is 0 Å². The molecule has 1 N–H and O–H groups in total. The molecule has 2 saturated heterocycles. The smallest absolute Gasteiger partial charge is 0.381 e. The Morgan fingerprint density at radius 1 is 1.27 bits per heavy atom. The SMILES string of the molecule is O=C([C@H]1CCOC1)N1CCC([C@@H]2C[C@H](C(F)(F)F)n3ncnc3N2)CC1. The Kier molecular flexibility index (Phi) is 4.54. The van der Waals surface area contributed by atoms with E-state index in [0.29, 0.717) is 39.1 Å². The highest BCUT2D eigenvalue weighted by Gasteiger charge is 2.48. The summed E-state index contributed by atoms with van der Waals surface area (Å²) in [5.41, 5.74) is 0. The summed E-state index contributed by atoms with van der Waals surface area (Å²) in [7, 11) is 0. The zero-order valence-corrected chi connectivity index (χ0v) is 14.3. The molecule has 1 aromatic heterocycles. The van der Waals surface area contributed by atoms with Crippen molar-refractivity contribution < 1.29 is 22.7 Å². The third-order valence-corrected chi connectivity index (χ3v) is 5.74. The molecule has 144 valence electrons. The summed E-state index contributed by atoms with van der Waals surface area (Å²) in [4.78, 5) is 18.2. The zero-order chi connectivity index (χ0) is 18.3. The van der Waals surface area contributed by atoms with Crippen molar-refractivity contribution in [1.82, 2.24) is 19.7 Å². The molecule has 2 fully saturated rings. The van der Waals surface area contributed by atoms with E-state index in [0.717, 1.165) is 17.4 Å². The molecule has 0 saturated carbocycles. The van der Waals surface area contributed by atoms with E-state index in [-0.39, 0.29) is 36.2 Å². The van der Waals surface area contributed by atoms with E-state index in [9.17, 15) is 18.0 Å². The van der Waals surface area contributed by atoms with Crippen LogP contribution in [0.5, 0.6) is 0 Å². The van der Waals surface area contributed by atoms with Gasteiger partial charge in [-0.05, 0) is 31.6 Å². The lowest BCUT2D eigenvalue weighted by molar-refractivity contribution is -0.174. The van der Waals surface area contributed by atoms with Crippen LogP contribution < -0.4 is 5.32 Å². The van der Waals surface area contributed by atoms with Crippen LogP contribution in [-0.2, 0) is 9.53 Å². The van der Waals surface area contributed by atoms with E-state index in [1.165, 1.54) is 0 Å². The molecule has 0 unspecified atom stereocenters. The van der Waals surface area contributed by atoms with Gasteiger partial charge in [0.25, 0.3) is 0 Å². The number of anilines is 1. The molecule has 0 radical (unpaired) electrons. The summed E-state index contributed by atoms with van der Waals surface area (Å²) in [6, 6.07) is -1.97. The minimum atomic E-state index is -4.36. The predicted octanol–water partition coefficient (Wildman–Crippen LogP) is 1.84. The fourth-order valence-electron chi connectivity index (χ4n) is 4.24. The van der Waals surface area contributed by atoms with Crippen LogP contribution in [0.3, 0.4) is 0 Å². The summed E-state index contributed by atoms with van der Waals surface area (Å²) in [5, 5.41) is 6.84. The highest BCUT2D eigenvalue weighted by Crippen LogP contribution is 2.41. The second kappa shape index (κ2) is 6.71. The molecular weight excluding hydrogens is 351 g/mol. The molecule has 26 heavy (non-hydrogen) atoms. The second-order valence-corrected chi connectivity index (χ2v) is 7.30. The van der Waals surface area contributed by atoms with Crippen LogP contribution >= 0.6 is 0 Å². The lowest BCUT2D eigenvalue weighted by atomic mass is 9.84. The van der Waals surface area contributed by atoms with Crippen LogP contribution in [0.4, 0.5) is 19.1 Å². The summed E-state index contributed by atoms with van der Waals surface area (Å²) in [5.74, 6) is 0.303. The van der Waals surface area contributed by atoms with Gasteiger partial charge in [0.15, 0.2) is 6.04 Å². The van der Waals surface area contributed by atoms with Gasteiger partial charge in [-0.15, -0.1) is 0 Å². The van der Waals surface area contributed by atoms with E-state index >= 15 is 0 Å². The predicted molar refractivity (Wildman–Crippen MR) is 85.4 cm³/mol. The number of likely N-dealkylation sites (tertiary alicyclic amines) is 1. The van der Waals surface area contributed by atoms with Gasteiger partial charge in [-0.25, -0.2) is 4.68 Å². The Bertz CT molecular complexity index is 651. The maximum atomic E-state index is 13.4. The Morgan fingerprint density at radius 2 is 2.04 bits per heavy atom. The van der Waals surface area contributed by atoms with Crippen molar-refractivity contribution in [2.75, 3.05) is 31.6 Å². The van der Waals surface area contributed by atoms with Crippen LogP contribution in [0.15, 0.2) is 6.33 Å². The first kappa shape index (κ1) is 17.6. The van der Waals surface area contributed by atoms with Crippen LogP contribution in [0.1, 0.15) is 31.7 Å². The van der Waals surface area contributed by atoms with Crippen molar-refractivity contribution in [2.45, 2.75) is 43.9 Å². The van der Waals surface area contributed by atoms with Gasteiger partial charge in [0.1, 0.15) is 6.33 Å². The Labute approximate surface area is 148 Å². The van der Waals surface area contributed by atoms with E-state index in [4.69, 9.17) is 4.74 Å². The van der Waals surface area contributed by atoms with Gasteiger partial charge < -0.3 is 15.0 Å². The monoisotopic (exact) mass is 373 g/mol. The number of fused-ring (bicyclic) bond motifs is 1. The zero-order valence-electron chi connectivity index (χ0n) is 14.3. The molecule has 10 heteroatoms. The number of nitrogens with one attached hydrogen (secondary N) is 1. The highest BCUT2D eigenvalue weighted by atomic mass is 19.4.